The molecule has 0 saturated heterocycles. The molecule has 0 saturated carbocycles. The fourth-order valence-corrected chi connectivity index (χ4v) is 0.707. The summed E-state index contributed by atoms with van der Waals surface area (Å²) in [4.78, 5) is 7.36. The molecule has 0 radical (unpaired) electrons. The van der Waals surface area contributed by atoms with Crippen LogP contribution in [0, 0.1) is 13.8 Å². The fourth-order valence-electron chi connectivity index (χ4n) is 0.707. The number of aryl methyl sites for hydroxylation is 2. The topological polar surface area (TPSA) is 46.0 Å². The van der Waals surface area contributed by atoms with Crippen LogP contribution in [0.3, 0.4) is 0 Å². The van der Waals surface area contributed by atoms with Gasteiger partial charge in [0.05, 0.1) is 0 Å². The van der Waals surface area contributed by atoms with Gasteiger partial charge in [-0.15, -0.1) is 0 Å². The van der Waals surface area contributed by atoms with Crippen LogP contribution in [0.4, 0.5) is 0 Å². The van der Waals surface area contributed by atoms with Gasteiger partial charge in [-0.2, -0.15) is 0 Å². The molecule has 6 heteroatoms. The number of hydrogen-bond donors (Lipinski definition) is 1. The summed E-state index contributed by atoms with van der Waals surface area (Å²) in [5.41, 5.74) is 1.58. The molecule has 1 heterocycles. The number of hydrogen-bond acceptors (Lipinski definition) is 3. The molecule has 3 nitrogen and oxygen atoms in total. The van der Waals surface area contributed by atoms with Crippen LogP contribution in [0.5, 0.6) is 6.01 Å². The predicted molar refractivity (Wildman–Crippen MR) is 51.0 cm³/mol. The number of halogens is 2. The van der Waals surface area contributed by atoms with Gasteiger partial charge in [-0.25, -0.2) is 9.97 Å². The van der Waals surface area contributed by atoms with E-state index in [2.05, 4.69) is 38.4 Å². The second-order valence-corrected chi connectivity index (χ2v) is 6.98. The summed E-state index contributed by atoms with van der Waals surface area (Å²) < 4.78 is 0. The molecule has 0 atom stereocenters. The quantitative estimate of drug-likeness (QED) is 0.737. The van der Waals surface area contributed by atoms with E-state index in [-0.39, 0.29) is 6.01 Å². The third kappa shape index (κ3) is 5.92. The van der Waals surface area contributed by atoms with Gasteiger partial charge in [0.1, 0.15) is 0 Å². The molecule has 1 rings (SSSR count). The molecule has 0 aliphatic carbocycles. The summed E-state index contributed by atoms with van der Waals surface area (Å²) in [5, 5.41) is 8.77. The minimum atomic E-state index is -0.146. The van der Waals surface area contributed by atoms with Crippen molar-refractivity contribution in [2.75, 3.05) is 0 Å². The molecule has 0 aliphatic heterocycles. The van der Waals surface area contributed by atoms with Gasteiger partial charge < -0.3 is 5.11 Å². The van der Waals surface area contributed by atoms with Gasteiger partial charge in [0, 0.05) is 11.4 Å². The Balaban J connectivity index is 0.000000354. The van der Waals surface area contributed by atoms with E-state index in [4.69, 9.17) is 5.11 Å². The zero-order valence-electron chi connectivity index (χ0n) is 6.49. The van der Waals surface area contributed by atoms with Crippen LogP contribution in [0.2, 0.25) is 0 Å². The summed E-state index contributed by atoms with van der Waals surface area (Å²) in [7, 11) is 1.25. The first-order valence-electron chi connectivity index (χ1n) is 2.93. The maximum atomic E-state index is 8.77. The molecule has 1 aromatic rings. The van der Waals surface area contributed by atoms with Crippen LogP contribution in [-0.2, 0) is 10.9 Å². The average molecular weight is 343 g/mol. The molecule has 72 valence electrons. The van der Waals surface area contributed by atoms with E-state index in [9.17, 15) is 0 Å². The number of aromatic nitrogens is 2. The summed E-state index contributed by atoms with van der Waals surface area (Å²) in [5.74, 6) is 0. The van der Waals surface area contributed by atoms with Crippen molar-refractivity contribution in [3.63, 3.8) is 0 Å². The zero-order valence-corrected chi connectivity index (χ0v) is 10.7. The van der Waals surface area contributed by atoms with E-state index in [1.165, 1.54) is 10.9 Å². The number of nitrogens with zero attached hydrogens (tertiary/aromatic N) is 2. The van der Waals surface area contributed by atoms with Crippen molar-refractivity contribution in [3.05, 3.63) is 17.5 Å². The molecule has 0 aliphatic rings. The van der Waals surface area contributed by atoms with Gasteiger partial charge in [0.2, 0.25) is 0 Å². The number of aromatic hydroxyl groups is 1. The van der Waals surface area contributed by atoms with Crippen molar-refractivity contribution in [3.8, 4) is 6.01 Å². The van der Waals surface area contributed by atoms with Crippen molar-refractivity contribution in [1.29, 1.82) is 0 Å². The standard InChI is InChI=1S/C6H8N2O.2BrH.Ni/c1-4-3-5(2)8-6(9)7-4;;;/h3H,1-2H3,(H,7,8,9);2*1H;/q;;;+2/p-2. The van der Waals surface area contributed by atoms with E-state index in [1.54, 1.807) is 6.07 Å². The maximum absolute atomic E-state index is 8.77. The summed E-state index contributed by atoms with van der Waals surface area (Å²) in [6.45, 7) is 3.63. The molecule has 0 bridgehead atoms. The Labute approximate surface area is 91.4 Å². The van der Waals surface area contributed by atoms with Gasteiger partial charge in [-0.05, 0) is 19.9 Å². The van der Waals surface area contributed by atoms with Gasteiger partial charge >= 0.3 is 45.4 Å². The first-order valence-corrected chi connectivity index (χ1v) is 7.82. The van der Waals surface area contributed by atoms with Crippen molar-refractivity contribution in [2.24, 2.45) is 0 Å². The molecule has 0 spiro atoms. The van der Waals surface area contributed by atoms with Crippen LogP contribution < -0.4 is 0 Å². The molecule has 0 aromatic carbocycles. The van der Waals surface area contributed by atoms with Crippen LogP contribution in [0.25, 0.3) is 0 Å². The van der Waals surface area contributed by atoms with Gasteiger partial charge in [-0.3, -0.25) is 0 Å². The van der Waals surface area contributed by atoms with Gasteiger partial charge in [0.25, 0.3) is 0 Å². The van der Waals surface area contributed by atoms with E-state index in [1.807, 2.05) is 13.8 Å². The molecule has 0 amide bonds. The fraction of sp³-hybridized carbons (Fsp3) is 0.333. The Morgan fingerprint density at radius 3 is 1.83 bits per heavy atom. The molecule has 1 aromatic heterocycles. The van der Waals surface area contributed by atoms with E-state index >= 15 is 0 Å². The molecule has 0 unspecified atom stereocenters. The molecular formula is C6H8Br2N2NiO. The Bertz CT molecular complexity index is 197. The molecular weight excluding hydrogens is 335 g/mol. The first kappa shape index (κ1) is 12.3. The van der Waals surface area contributed by atoms with Crippen LogP contribution in [0.1, 0.15) is 11.4 Å². The van der Waals surface area contributed by atoms with Crippen LogP contribution in [0.15, 0.2) is 6.07 Å². The summed E-state index contributed by atoms with van der Waals surface area (Å²) in [6, 6.07) is 1.66. The van der Waals surface area contributed by atoms with Crippen molar-refractivity contribution in [1.82, 2.24) is 9.97 Å². The van der Waals surface area contributed by atoms with Gasteiger partial charge in [0.15, 0.2) is 0 Å². The molecule has 0 fully saturated rings. The first-order chi connectivity index (χ1) is 5.60. The second kappa shape index (κ2) is 6.81. The van der Waals surface area contributed by atoms with Crippen molar-refractivity contribution >= 4 is 28.5 Å². The average Bonchev–Trinajstić information content (AvgIpc) is 1.84. The molecule has 1 N–H and O–H groups in total. The van der Waals surface area contributed by atoms with E-state index in [0.29, 0.717) is 0 Å². The third-order valence-corrected chi connectivity index (χ3v) is 0.970. The van der Waals surface area contributed by atoms with Gasteiger partial charge in [-0.1, -0.05) is 0 Å². The van der Waals surface area contributed by atoms with Crippen LogP contribution >= 0.6 is 28.5 Å². The normalized spacial score (nSPS) is 9.00. The Kier molecular flexibility index (Phi) is 7.00. The van der Waals surface area contributed by atoms with Crippen molar-refractivity contribution in [2.45, 2.75) is 13.8 Å². The monoisotopic (exact) mass is 340 g/mol. The van der Waals surface area contributed by atoms with Crippen molar-refractivity contribution < 1.29 is 16.0 Å². The van der Waals surface area contributed by atoms with Crippen LogP contribution in [-0.4, -0.2) is 15.1 Å². The predicted octanol–water partition coefficient (Wildman–Crippen LogP) is 2.49. The number of rotatable bonds is 0. The zero-order chi connectivity index (χ0) is 9.56. The van der Waals surface area contributed by atoms with E-state index in [0.717, 1.165) is 11.4 Å². The summed E-state index contributed by atoms with van der Waals surface area (Å²) in [6.07, 6.45) is 0. The second-order valence-electron chi connectivity index (χ2n) is 2.00. The van der Waals surface area contributed by atoms with E-state index < -0.39 is 0 Å². The Morgan fingerprint density at radius 1 is 1.25 bits per heavy atom. The Hall–Kier alpha value is 0.334. The SMILES string of the molecule is Cc1cc(C)nc(O)n1.[Br][Ni][Br]. The summed E-state index contributed by atoms with van der Waals surface area (Å²) >= 11 is 6.00. The Morgan fingerprint density at radius 2 is 1.58 bits per heavy atom. The minimum absolute atomic E-state index is 0.146. The molecule has 12 heavy (non-hydrogen) atoms. The third-order valence-electron chi connectivity index (χ3n) is 0.970.